The molecule has 0 aromatic rings. The van der Waals surface area contributed by atoms with Crippen LogP contribution in [0.1, 0.15) is 6.92 Å². The normalized spacial score (nSPS) is 14.3. The molecule has 1 atom stereocenters. The van der Waals surface area contributed by atoms with Gasteiger partial charge in [-0.05, 0) is 0 Å². The Morgan fingerprint density at radius 3 is 2.00 bits per heavy atom. The van der Waals surface area contributed by atoms with Crippen LogP contribution in [-0.2, 0) is 4.79 Å². The molecule has 0 aromatic heterocycles. The van der Waals surface area contributed by atoms with Crippen molar-refractivity contribution in [1.29, 1.82) is 0 Å². The van der Waals surface area contributed by atoms with E-state index in [-0.39, 0.29) is 0 Å². The van der Waals surface area contributed by atoms with Crippen LogP contribution >= 0.6 is 0 Å². The first kappa shape index (κ1) is 7.55. The molecule has 0 saturated heterocycles. The molecule has 0 aliphatic heterocycles. The first-order valence-corrected chi connectivity index (χ1v) is 11.3. The quantitative estimate of drug-likeness (QED) is 0.555. The topological polar surface area (TPSA) is 17.1 Å². The summed E-state index contributed by atoms with van der Waals surface area (Å²) in [6.07, 6.45) is 1.08. The minimum absolute atomic E-state index is 0.426. The molecule has 7 heavy (non-hydrogen) atoms. The van der Waals surface area contributed by atoms with E-state index in [0.717, 1.165) is 6.29 Å². The maximum absolute atomic E-state index is 10.00. The van der Waals surface area contributed by atoms with Crippen molar-refractivity contribution in [3.05, 3.63) is 0 Å². The third-order valence-corrected chi connectivity index (χ3v) is 7.82. The molecule has 0 aromatic carbocycles. The number of hydrogen-bond donors (Lipinski definition) is 0. The van der Waals surface area contributed by atoms with Crippen LogP contribution in [0.3, 0.4) is 0 Å². The van der Waals surface area contributed by atoms with Crippen molar-refractivity contribution >= 4 is 28.0 Å². The Morgan fingerprint density at radius 2 is 2.00 bits per heavy atom. The van der Waals surface area contributed by atoms with Gasteiger partial charge in [-0.25, -0.2) is 0 Å². The molecule has 0 bridgehead atoms. The summed E-state index contributed by atoms with van der Waals surface area (Å²) < 4.78 is 4.91. The van der Waals surface area contributed by atoms with Crippen molar-refractivity contribution in [1.82, 2.24) is 0 Å². The van der Waals surface area contributed by atoms with E-state index in [9.17, 15) is 4.79 Å². The van der Waals surface area contributed by atoms with Gasteiger partial charge in [-0.15, -0.1) is 0 Å². The first-order valence-electron chi connectivity index (χ1n) is 2.30. The Morgan fingerprint density at radius 1 is 1.57 bits per heavy atom. The van der Waals surface area contributed by atoms with Crippen molar-refractivity contribution in [3.63, 3.8) is 0 Å². The predicted molar refractivity (Wildman–Crippen MR) is 33.0 cm³/mol. The van der Waals surface area contributed by atoms with E-state index in [4.69, 9.17) is 0 Å². The van der Waals surface area contributed by atoms with Gasteiger partial charge in [0.2, 0.25) is 0 Å². The van der Waals surface area contributed by atoms with Gasteiger partial charge < -0.3 is 0 Å². The molecule has 42 valence electrons. The summed E-state index contributed by atoms with van der Waals surface area (Å²) in [5, 5.41) is 0. The van der Waals surface area contributed by atoms with Crippen molar-refractivity contribution in [2.24, 2.45) is 0 Å². The minimum atomic E-state index is -1.16. The van der Waals surface area contributed by atoms with E-state index < -0.39 is 21.8 Å². The summed E-state index contributed by atoms with van der Waals surface area (Å²) in [6, 6.07) is 0. The summed E-state index contributed by atoms with van der Waals surface area (Å²) in [7, 11) is 0. The molecule has 2 heteroatoms. The average Bonchev–Trinajstić information content (AvgIpc) is 1.65. The van der Waals surface area contributed by atoms with Gasteiger partial charge >= 0.3 is 52.6 Å². The second kappa shape index (κ2) is 3.54. The zero-order chi connectivity index (χ0) is 5.86. The van der Waals surface area contributed by atoms with E-state index in [1.54, 1.807) is 0 Å². The van der Waals surface area contributed by atoms with Gasteiger partial charge in [0.15, 0.2) is 0 Å². The van der Waals surface area contributed by atoms with Crippen molar-refractivity contribution in [2.75, 3.05) is 0 Å². The van der Waals surface area contributed by atoms with Crippen LogP contribution < -0.4 is 0 Å². The van der Waals surface area contributed by atoms with Gasteiger partial charge in [0.25, 0.3) is 0 Å². The fraction of sp³-hybridized carbons (Fsp3) is 0.800. The number of rotatable bonds is 2. The molecule has 1 unspecified atom stereocenters. The molecular formula is C5H11BiO. The molecule has 0 saturated carbocycles. The second-order valence-corrected chi connectivity index (χ2v) is 12.5. The van der Waals surface area contributed by atoms with Gasteiger partial charge in [-0.3, -0.25) is 0 Å². The van der Waals surface area contributed by atoms with E-state index in [1.807, 2.05) is 6.92 Å². The van der Waals surface area contributed by atoms with Crippen molar-refractivity contribution < 1.29 is 4.79 Å². The predicted octanol–water partition coefficient (Wildman–Crippen LogP) is 1.33. The standard InChI is InChI=1S/C3H5O.2CH3.Bi/c1-2-3-4;;;/h2-3H,1H3;2*1H3;. The third kappa shape index (κ3) is 3.16. The summed E-state index contributed by atoms with van der Waals surface area (Å²) >= 11 is -1.16. The van der Waals surface area contributed by atoms with Crippen LogP contribution in [0.2, 0.25) is 12.9 Å². The molecule has 0 aliphatic rings. The number of carbonyl (C=O) groups is 1. The molecule has 0 rings (SSSR count). The Bertz CT molecular complexity index is 61.1. The summed E-state index contributed by atoms with van der Waals surface area (Å²) in [4.78, 5) is 10.00. The van der Waals surface area contributed by atoms with Crippen molar-refractivity contribution in [2.45, 2.75) is 19.8 Å². The molecule has 0 fully saturated rings. The number of hydrogen-bond acceptors (Lipinski definition) is 1. The molecule has 0 radical (unpaired) electrons. The number of carbonyl (C=O) groups excluding carboxylic acids is 1. The molecule has 0 N–H and O–H groups in total. The van der Waals surface area contributed by atoms with Gasteiger partial charge in [0.1, 0.15) is 0 Å². The first-order chi connectivity index (χ1) is 3.18. The van der Waals surface area contributed by atoms with Crippen LogP contribution in [0.5, 0.6) is 0 Å². The van der Waals surface area contributed by atoms with E-state index in [1.165, 1.54) is 0 Å². The molecule has 0 amide bonds. The summed E-state index contributed by atoms with van der Waals surface area (Å²) in [5.74, 6) is 0. The Hall–Kier alpha value is 0.553. The molecule has 0 aliphatic carbocycles. The van der Waals surface area contributed by atoms with E-state index in [0.29, 0.717) is 3.63 Å². The monoisotopic (exact) mass is 296 g/mol. The fourth-order valence-electron chi connectivity index (χ4n) is 0.122. The maximum atomic E-state index is 10.00. The second-order valence-electron chi connectivity index (χ2n) is 1.84. The zero-order valence-electron chi connectivity index (χ0n) is 5.01. The van der Waals surface area contributed by atoms with Crippen LogP contribution in [0.25, 0.3) is 0 Å². The Kier molecular flexibility index (Phi) is 3.82. The van der Waals surface area contributed by atoms with Gasteiger partial charge in [0, 0.05) is 0 Å². The van der Waals surface area contributed by atoms with Gasteiger partial charge in [0.05, 0.1) is 0 Å². The number of aldehydes is 1. The molecule has 1 nitrogen and oxygen atoms in total. The van der Waals surface area contributed by atoms with Crippen LogP contribution in [-0.4, -0.2) is 28.0 Å². The zero-order valence-corrected chi connectivity index (χ0v) is 8.49. The van der Waals surface area contributed by atoms with Crippen LogP contribution in [0.15, 0.2) is 0 Å². The van der Waals surface area contributed by atoms with Crippen molar-refractivity contribution in [3.8, 4) is 0 Å². The van der Waals surface area contributed by atoms with Gasteiger partial charge in [-0.2, -0.15) is 0 Å². The molecular weight excluding hydrogens is 285 g/mol. The molecule has 0 heterocycles. The Balaban J connectivity index is 3.33. The Labute approximate surface area is 52.8 Å². The van der Waals surface area contributed by atoms with Crippen LogP contribution in [0, 0.1) is 0 Å². The summed E-state index contributed by atoms with van der Waals surface area (Å²) in [5.41, 5.74) is 0. The van der Waals surface area contributed by atoms with Crippen LogP contribution in [0.4, 0.5) is 0 Å². The summed E-state index contributed by atoms with van der Waals surface area (Å²) in [6.45, 7) is 2.02. The van der Waals surface area contributed by atoms with E-state index >= 15 is 0 Å². The SMILES string of the molecule is C[CH](C=O)[Bi]([CH3])[CH3]. The third-order valence-electron chi connectivity index (χ3n) is 1.01. The fourth-order valence-corrected chi connectivity index (χ4v) is 1.07. The van der Waals surface area contributed by atoms with E-state index in [2.05, 4.69) is 9.26 Å². The average molecular weight is 296 g/mol. The molecule has 0 spiro atoms. The van der Waals surface area contributed by atoms with Gasteiger partial charge in [-0.1, -0.05) is 0 Å².